The summed E-state index contributed by atoms with van der Waals surface area (Å²) in [5.41, 5.74) is 0.808. The van der Waals surface area contributed by atoms with Crippen LogP contribution in [0.2, 0.25) is 0 Å². The lowest BCUT2D eigenvalue weighted by Crippen LogP contribution is -2.30. The van der Waals surface area contributed by atoms with Crippen molar-refractivity contribution in [2.75, 3.05) is 5.32 Å². The molecule has 1 amide bonds. The second kappa shape index (κ2) is 5.74. The Morgan fingerprint density at radius 2 is 1.95 bits per heavy atom. The molecule has 1 unspecified atom stereocenters. The highest BCUT2D eigenvalue weighted by Crippen LogP contribution is 2.37. The van der Waals surface area contributed by atoms with Crippen molar-refractivity contribution in [3.05, 3.63) is 29.8 Å². The third-order valence-electron chi connectivity index (χ3n) is 3.76. The number of carboxylic acid groups (broad SMARTS) is 1. The lowest BCUT2D eigenvalue weighted by molar-refractivity contribution is -0.145. The maximum atomic E-state index is 12.3. The van der Waals surface area contributed by atoms with Crippen molar-refractivity contribution >= 4 is 17.6 Å². The van der Waals surface area contributed by atoms with Crippen LogP contribution < -0.4 is 5.32 Å². The number of nitrogens with zero attached hydrogens (tertiary/aromatic N) is 1. The summed E-state index contributed by atoms with van der Waals surface area (Å²) in [6.07, 6.45) is 1.09. The molecule has 20 heavy (non-hydrogen) atoms. The van der Waals surface area contributed by atoms with Gasteiger partial charge in [-0.15, -0.1) is 0 Å². The number of nitrogens with one attached hydrogen (secondary N) is 1. The normalized spacial score (nSPS) is 24.9. The average Bonchev–Trinajstić information content (AvgIpc) is 2.82. The van der Waals surface area contributed by atoms with Crippen molar-refractivity contribution in [3.8, 4) is 6.07 Å². The molecule has 0 aliphatic heterocycles. The van der Waals surface area contributed by atoms with Gasteiger partial charge in [-0.05, 0) is 30.9 Å². The van der Waals surface area contributed by atoms with Crippen molar-refractivity contribution in [3.63, 3.8) is 0 Å². The Morgan fingerprint density at radius 3 is 2.60 bits per heavy atom. The number of carbonyl (C=O) groups excluding carboxylic acids is 1. The second-order valence-electron chi connectivity index (χ2n) is 5.27. The Hall–Kier alpha value is -2.35. The molecular weight excluding hydrogens is 256 g/mol. The molecule has 1 saturated carbocycles. The molecule has 0 heterocycles. The van der Waals surface area contributed by atoms with E-state index in [9.17, 15) is 14.7 Å². The summed E-state index contributed by atoms with van der Waals surface area (Å²) in [7, 11) is 0. The van der Waals surface area contributed by atoms with Crippen LogP contribution in [-0.2, 0) is 9.59 Å². The second-order valence-corrected chi connectivity index (χ2v) is 5.27. The summed E-state index contributed by atoms with van der Waals surface area (Å²) in [5.74, 6) is -2.20. The van der Waals surface area contributed by atoms with Gasteiger partial charge in [0.15, 0.2) is 0 Å². The van der Waals surface area contributed by atoms with Gasteiger partial charge in [-0.25, -0.2) is 0 Å². The molecular formula is C15H16N2O3. The summed E-state index contributed by atoms with van der Waals surface area (Å²) in [6.45, 7) is 1.95. The highest BCUT2D eigenvalue weighted by Gasteiger charge is 2.41. The molecule has 5 nitrogen and oxygen atoms in total. The molecule has 0 aromatic heterocycles. The first-order valence-electron chi connectivity index (χ1n) is 6.55. The van der Waals surface area contributed by atoms with Crippen LogP contribution in [0.5, 0.6) is 0 Å². The number of carboxylic acids is 1. The molecule has 1 fully saturated rings. The van der Waals surface area contributed by atoms with Gasteiger partial charge in [0.1, 0.15) is 6.07 Å². The van der Waals surface area contributed by atoms with Crippen LogP contribution in [0.3, 0.4) is 0 Å². The number of hydrogen-bond donors (Lipinski definition) is 2. The molecule has 104 valence electrons. The average molecular weight is 272 g/mol. The monoisotopic (exact) mass is 272 g/mol. The van der Waals surface area contributed by atoms with E-state index in [2.05, 4.69) is 5.32 Å². The fourth-order valence-corrected chi connectivity index (χ4v) is 2.77. The molecule has 0 radical (unpaired) electrons. The van der Waals surface area contributed by atoms with Crippen LogP contribution in [0.25, 0.3) is 0 Å². The van der Waals surface area contributed by atoms with Gasteiger partial charge in [0.2, 0.25) is 5.91 Å². The number of amides is 1. The zero-order valence-electron chi connectivity index (χ0n) is 11.2. The van der Waals surface area contributed by atoms with Crippen LogP contribution >= 0.6 is 0 Å². The zero-order chi connectivity index (χ0) is 14.7. The molecule has 1 aromatic rings. The maximum Gasteiger partial charge on any atom is 0.307 e. The van der Waals surface area contributed by atoms with Crippen molar-refractivity contribution < 1.29 is 14.7 Å². The molecule has 0 saturated heterocycles. The molecule has 1 aliphatic rings. The number of rotatable bonds is 3. The standard InChI is InChI=1S/C15H16N2O3/c1-9-6-11(12(7-9)15(19)20)14(18)17-13-5-3-2-4-10(13)8-16/h2-5,9,11-12H,6-7H2,1H3,(H,17,18)(H,19,20)/t9?,11-,12+/m0/s1. The quantitative estimate of drug-likeness (QED) is 0.883. The van der Waals surface area contributed by atoms with Gasteiger partial charge in [-0.3, -0.25) is 9.59 Å². The van der Waals surface area contributed by atoms with Gasteiger partial charge in [0, 0.05) is 0 Å². The molecule has 2 N–H and O–H groups in total. The minimum atomic E-state index is -0.928. The Labute approximate surface area is 117 Å². The molecule has 0 spiro atoms. The Bertz CT molecular complexity index is 577. The third kappa shape index (κ3) is 2.80. The van der Waals surface area contributed by atoms with E-state index in [1.807, 2.05) is 13.0 Å². The topological polar surface area (TPSA) is 90.2 Å². The van der Waals surface area contributed by atoms with Gasteiger partial charge in [-0.2, -0.15) is 5.26 Å². The molecule has 1 aromatic carbocycles. The zero-order valence-corrected chi connectivity index (χ0v) is 11.2. The number of nitriles is 1. The van der Waals surface area contributed by atoms with Gasteiger partial charge in [-0.1, -0.05) is 19.1 Å². The van der Waals surface area contributed by atoms with Gasteiger partial charge >= 0.3 is 5.97 Å². The van der Waals surface area contributed by atoms with Crippen molar-refractivity contribution in [2.45, 2.75) is 19.8 Å². The summed E-state index contributed by atoms with van der Waals surface area (Å²) in [5, 5.41) is 20.9. The van der Waals surface area contributed by atoms with E-state index >= 15 is 0 Å². The number of benzene rings is 1. The smallest absolute Gasteiger partial charge is 0.307 e. The van der Waals surface area contributed by atoms with Crippen molar-refractivity contribution in [1.29, 1.82) is 5.26 Å². The summed E-state index contributed by atoms with van der Waals surface area (Å²) in [4.78, 5) is 23.5. The Balaban J connectivity index is 2.16. The Morgan fingerprint density at radius 1 is 1.30 bits per heavy atom. The highest BCUT2D eigenvalue weighted by molar-refractivity contribution is 5.96. The molecule has 2 rings (SSSR count). The Kier molecular flexibility index (Phi) is 4.04. The lowest BCUT2D eigenvalue weighted by atomic mass is 9.95. The SMILES string of the molecule is CC1C[C@H](C(=O)Nc2ccccc2C#N)[C@H](C(=O)O)C1. The van der Waals surface area contributed by atoms with Crippen molar-refractivity contribution in [2.24, 2.45) is 17.8 Å². The summed E-state index contributed by atoms with van der Waals surface area (Å²) in [6, 6.07) is 8.70. The summed E-state index contributed by atoms with van der Waals surface area (Å²) >= 11 is 0. The minimum Gasteiger partial charge on any atom is -0.481 e. The first-order valence-corrected chi connectivity index (χ1v) is 6.55. The first-order chi connectivity index (χ1) is 9.52. The van der Waals surface area contributed by atoms with E-state index in [-0.39, 0.29) is 11.8 Å². The molecule has 3 atom stereocenters. The largest absolute Gasteiger partial charge is 0.481 e. The molecule has 1 aliphatic carbocycles. The fraction of sp³-hybridized carbons (Fsp3) is 0.400. The van der Waals surface area contributed by atoms with Crippen LogP contribution in [0.4, 0.5) is 5.69 Å². The fourth-order valence-electron chi connectivity index (χ4n) is 2.77. The summed E-state index contributed by atoms with van der Waals surface area (Å²) < 4.78 is 0. The number of anilines is 1. The predicted molar refractivity (Wildman–Crippen MR) is 72.8 cm³/mol. The molecule has 0 bridgehead atoms. The van der Waals surface area contributed by atoms with Gasteiger partial charge < -0.3 is 10.4 Å². The van der Waals surface area contributed by atoms with E-state index in [1.165, 1.54) is 0 Å². The molecule has 5 heteroatoms. The number of aliphatic carboxylic acids is 1. The lowest BCUT2D eigenvalue weighted by Gasteiger charge is -2.16. The van der Waals surface area contributed by atoms with Crippen LogP contribution in [0, 0.1) is 29.1 Å². The first kappa shape index (κ1) is 14.1. The van der Waals surface area contributed by atoms with Gasteiger partial charge in [0.05, 0.1) is 23.1 Å². The van der Waals surface area contributed by atoms with Crippen LogP contribution in [-0.4, -0.2) is 17.0 Å². The number of carbonyl (C=O) groups is 2. The minimum absolute atomic E-state index is 0.220. The van der Waals surface area contributed by atoms with Gasteiger partial charge in [0.25, 0.3) is 0 Å². The van der Waals surface area contributed by atoms with Crippen LogP contribution in [0.1, 0.15) is 25.3 Å². The van der Waals surface area contributed by atoms with Crippen LogP contribution in [0.15, 0.2) is 24.3 Å². The number of hydrogen-bond acceptors (Lipinski definition) is 3. The third-order valence-corrected chi connectivity index (χ3v) is 3.76. The highest BCUT2D eigenvalue weighted by atomic mass is 16.4. The van der Waals surface area contributed by atoms with E-state index < -0.39 is 17.8 Å². The van der Waals surface area contributed by atoms with E-state index in [1.54, 1.807) is 24.3 Å². The van der Waals surface area contributed by atoms with E-state index in [4.69, 9.17) is 5.26 Å². The van der Waals surface area contributed by atoms with E-state index in [0.29, 0.717) is 24.1 Å². The predicted octanol–water partition coefficient (Wildman–Crippen LogP) is 2.24. The number of para-hydroxylation sites is 1. The maximum absolute atomic E-state index is 12.3. The van der Waals surface area contributed by atoms with E-state index in [0.717, 1.165) is 0 Å². The van der Waals surface area contributed by atoms with Crippen molar-refractivity contribution in [1.82, 2.24) is 0 Å².